The molecule has 232 valence electrons. The van der Waals surface area contributed by atoms with Crippen LogP contribution in [0.15, 0.2) is 81.5 Å². The highest BCUT2D eigenvalue weighted by Crippen LogP contribution is 2.36. The van der Waals surface area contributed by atoms with Gasteiger partial charge >= 0.3 is 12.0 Å². The van der Waals surface area contributed by atoms with Crippen molar-refractivity contribution in [3.63, 3.8) is 0 Å². The van der Waals surface area contributed by atoms with E-state index in [9.17, 15) is 14.7 Å². The van der Waals surface area contributed by atoms with Crippen molar-refractivity contribution in [1.29, 1.82) is 0 Å². The second-order valence-corrected chi connectivity index (χ2v) is 10.8. The number of nitrogens with one attached hydrogen (secondary N) is 3. The Morgan fingerprint density at radius 2 is 1.91 bits per heavy atom. The van der Waals surface area contributed by atoms with Crippen molar-refractivity contribution in [2.75, 3.05) is 20.3 Å². The summed E-state index contributed by atoms with van der Waals surface area (Å²) in [5.74, 6) is 0.655. The van der Waals surface area contributed by atoms with Crippen LogP contribution in [0.4, 0.5) is 4.79 Å². The van der Waals surface area contributed by atoms with E-state index in [-0.39, 0.29) is 12.2 Å². The number of amides is 2. The Morgan fingerprint density at radius 3 is 2.61 bits per heavy atom. The van der Waals surface area contributed by atoms with Crippen LogP contribution in [-0.2, 0) is 16.1 Å². The van der Waals surface area contributed by atoms with E-state index < -0.39 is 24.3 Å². The topological polar surface area (TPSA) is 140 Å². The molecule has 0 spiro atoms. The van der Waals surface area contributed by atoms with E-state index in [0.29, 0.717) is 56.8 Å². The number of methoxy groups -OCH3 is 1. The van der Waals surface area contributed by atoms with Gasteiger partial charge in [0.05, 0.1) is 41.0 Å². The maximum atomic E-state index is 12.4. The summed E-state index contributed by atoms with van der Waals surface area (Å²) in [5, 5.41) is 20.2. The summed E-state index contributed by atoms with van der Waals surface area (Å²) in [7, 11) is 1.27. The quantitative estimate of drug-likeness (QED) is 0.0833. The number of hydrazone groups is 1. The molecule has 3 aromatic rings. The van der Waals surface area contributed by atoms with Crippen LogP contribution in [0.25, 0.3) is 0 Å². The van der Waals surface area contributed by atoms with Crippen LogP contribution >= 0.6 is 27.5 Å². The van der Waals surface area contributed by atoms with E-state index in [0.717, 1.165) is 5.56 Å². The number of nitrogens with zero attached hydrogens (tertiary/aromatic N) is 1. The van der Waals surface area contributed by atoms with Gasteiger partial charge in [0.15, 0.2) is 23.5 Å². The monoisotopic (exact) mass is 686 g/mol. The van der Waals surface area contributed by atoms with Crippen molar-refractivity contribution in [3.05, 3.63) is 98.1 Å². The van der Waals surface area contributed by atoms with Gasteiger partial charge in [-0.15, -0.1) is 0 Å². The number of esters is 1. The summed E-state index contributed by atoms with van der Waals surface area (Å²) in [4.78, 5) is 24.6. The number of benzene rings is 3. The van der Waals surface area contributed by atoms with Crippen LogP contribution in [-0.4, -0.2) is 49.9 Å². The first-order chi connectivity index (χ1) is 21.2. The summed E-state index contributed by atoms with van der Waals surface area (Å²) in [6, 6.07) is 17.0. The number of halogens is 2. The van der Waals surface area contributed by atoms with Gasteiger partial charge in [-0.05, 0) is 70.7 Å². The standard InChI is InChI=1S/C31H32BrClN4O7/c1-4-42-25-14-21(28-27(30(39)41-3)18(2)35-31(40)36-28)10-11-24(25)43-17-26(38)37-34-15-20-12-22(32)29(23(33)13-20)44-16-19-8-6-5-7-9-19/h5-15,26,28,37-38H,4,16-17H2,1-3H3,(H2,35,36,40)/b34-15-/t26-,28-/m0/s1. The molecule has 3 aromatic carbocycles. The predicted molar refractivity (Wildman–Crippen MR) is 169 cm³/mol. The Bertz CT molecular complexity index is 1530. The van der Waals surface area contributed by atoms with Gasteiger partial charge in [0.25, 0.3) is 0 Å². The van der Waals surface area contributed by atoms with Crippen molar-refractivity contribution in [1.82, 2.24) is 16.1 Å². The number of hydrogen-bond donors (Lipinski definition) is 4. The minimum Gasteiger partial charge on any atom is -0.490 e. The van der Waals surface area contributed by atoms with E-state index in [1.165, 1.54) is 13.3 Å². The highest BCUT2D eigenvalue weighted by atomic mass is 79.9. The third kappa shape index (κ3) is 8.43. The zero-order valence-electron chi connectivity index (χ0n) is 24.2. The van der Waals surface area contributed by atoms with Crippen molar-refractivity contribution >= 4 is 45.7 Å². The third-order valence-electron chi connectivity index (χ3n) is 6.36. The van der Waals surface area contributed by atoms with Crippen LogP contribution in [0, 0.1) is 0 Å². The number of aliphatic hydroxyl groups excluding tert-OH is 1. The molecule has 0 saturated heterocycles. The Balaban J connectivity index is 1.37. The smallest absolute Gasteiger partial charge is 0.337 e. The fraction of sp³-hybridized carbons (Fsp3) is 0.258. The minimum absolute atomic E-state index is 0.163. The lowest BCUT2D eigenvalue weighted by Gasteiger charge is -2.28. The highest BCUT2D eigenvalue weighted by Gasteiger charge is 2.32. The van der Waals surface area contributed by atoms with E-state index >= 15 is 0 Å². The van der Waals surface area contributed by atoms with Gasteiger partial charge in [-0.3, -0.25) is 5.43 Å². The zero-order chi connectivity index (χ0) is 31.6. The Kier molecular flexibility index (Phi) is 11.5. The fourth-order valence-electron chi connectivity index (χ4n) is 4.34. The van der Waals surface area contributed by atoms with Crippen LogP contribution in [0.3, 0.4) is 0 Å². The maximum Gasteiger partial charge on any atom is 0.337 e. The van der Waals surface area contributed by atoms with Crippen molar-refractivity contribution < 1.29 is 33.6 Å². The van der Waals surface area contributed by atoms with Gasteiger partial charge in [-0.25, -0.2) is 9.59 Å². The largest absolute Gasteiger partial charge is 0.490 e. The predicted octanol–water partition coefficient (Wildman–Crippen LogP) is 5.20. The molecule has 0 fully saturated rings. The normalized spacial score (nSPS) is 15.3. The molecule has 0 bridgehead atoms. The van der Waals surface area contributed by atoms with Gasteiger partial charge < -0.3 is 34.7 Å². The Labute approximate surface area is 268 Å². The molecule has 1 aliphatic rings. The highest BCUT2D eigenvalue weighted by molar-refractivity contribution is 9.10. The van der Waals surface area contributed by atoms with Crippen LogP contribution in [0.2, 0.25) is 5.02 Å². The summed E-state index contributed by atoms with van der Waals surface area (Å²) < 4.78 is 23.0. The average Bonchev–Trinajstić information content (AvgIpc) is 3.00. The van der Waals surface area contributed by atoms with E-state index in [4.69, 9.17) is 30.5 Å². The number of hydrogen-bond acceptors (Lipinski definition) is 9. The molecule has 4 rings (SSSR count). The number of carbonyl (C=O) groups is 2. The van der Waals surface area contributed by atoms with E-state index in [1.807, 2.05) is 37.3 Å². The molecule has 1 heterocycles. The average molecular weight is 688 g/mol. The first kappa shape index (κ1) is 32.6. The molecule has 0 aromatic heterocycles. The lowest BCUT2D eigenvalue weighted by molar-refractivity contribution is -0.136. The van der Waals surface area contributed by atoms with Crippen molar-refractivity contribution in [2.24, 2.45) is 5.10 Å². The summed E-state index contributed by atoms with van der Waals surface area (Å²) in [6.45, 7) is 3.97. The molecule has 13 heteroatoms. The molecular formula is C31H32BrClN4O7. The maximum absolute atomic E-state index is 12.4. The van der Waals surface area contributed by atoms with Crippen LogP contribution in [0.5, 0.6) is 17.2 Å². The summed E-state index contributed by atoms with van der Waals surface area (Å²) in [5.41, 5.74) is 5.53. The number of aliphatic hydroxyl groups is 1. The molecule has 44 heavy (non-hydrogen) atoms. The Hall–Kier alpha value is -4.26. The van der Waals surface area contributed by atoms with E-state index in [2.05, 4.69) is 37.1 Å². The zero-order valence-corrected chi connectivity index (χ0v) is 26.6. The third-order valence-corrected chi connectivity index (χ3v) is 7.23. The number of ether oxygens (including phenoxy) is 4. The van der Waals surface area contributed by atoms with Crippen molar-refractivity contribution in [2.45, 2.75) is 32.7 Å². The summed E-state index contributed by atoms with van der Waals surface area (Å²) >= 11 is 9.93. The van der Waals surface area contributed by atoms with Gasteiger partial charge in [0.1, 0.15) is 13.2 Å². The second kappa shape index (κ2) is 15.5. The fourth-order valence-corrected chi connectivity index (χ4v) is 5.33. The summed E-state index contributed by atoms with van der Waals surface area (Å²) in [6.07, 6.45) is 0.344. The number of rotatable bonds is 13. The van der Waals surface area contributed by atoms with Gasteiger partial charge in [-0.2, -0.15) is 5.10 Å². The minimum atomic E-state index is -1.16. The Morgan fingerprint density at radius 1 is 1.14 bits per heavy atom. The van der Waals surface area contributed by atoms with Crippen LogP contribution < -0.4 is 30.3 Å². The number of urea groups is 1. The molecule has 0 saturated carbocycles. The first-order valence-corrected chi connectivity index (χ1v) is 14.8. The van der Waals surface area contributed by atoms with Gasteiger partial charge in [0.2, 0.25) is 0 Å². The number of allylic oxidation sites excluding steroid dienone is 1. The second-order valence-electron chi connectivity index (χ2n) is 9.50. The molecule has 11 nitrogen and oxygen atoms in total. The number of carbonyl (C=O) groups excluding carboxylic acids is 2. The van der Waals surface area contributed by atoms with Crippen LogP contribution in [0.1, 0.15) is 36.6 Å². The lowest BCUT2D eigenvalue weighted by atomic mass is 9.95. The lowest BCUT2D eigenvalue weighted by Crippen LogP contribution is -2.45. The molecule has 4 N–H and O–H groups in total. The molecule has 1 aliphatic heterocycles. The molecule has 0 unspecified atom stereocenters. The van der Waals surface area contributed by atoms with Gasteiger partial charge in [-0.1, -0.05) is 48.0 Å². The van der Waals surface area contributed by atoms with Gasteiger partial charge in [0, 0.05) is 5.70 Å². The molecule has 2 amide bonds. The molecule has 0 radical (unpaired) electrons. The SMILES string of the molecule is CCOc1cc([C@@H]2NC(=O)NC(C)=C2C(=O)OC)ccc1OC[C@H](O)N/N=C\c1cc(Cl)c(OCc2ccccc2)c(Br)c1. The molecule has 2 atom stereocenters. The first-order valence-electron chi connectivity index (χ1n) is 13.6. The molecular weight excluding hydrogens is 656 g/mol. The van der Waals surface area contributed by atoms with E-state index in [1.54, 1.807) is 37.3 Å². The van der Waals surface area contributed by atoms with Crippen molar-refractivity contribution in [3.8, 4) is 17.2 Å². The molecule has 0 aliphatic carbocycles.